The molecule has 2 rings (SSSR count). The van der Waals surface area contributed by atoms with E-state index in [-0.39, 0.29) is 11.9 Å². The molecule has 1 aromatic carbocycles. The summed E-state index contributed by atoms with van der Waals surface area (Å²) in [5.74, 6) is -0.112. The fourth-order valence-electron chi connectivity index (χ4n) is 2.47. The minimum absolute atomic E-state index is 0.112. The summed E-state index contributed by atoms with van der Waals surface area (Å²) < 4.78 is 0. The number of rotatable bonds is 2. The second kappa shape index (κ2) is 5.48. The van der Waals surface area contributed by atoms with Crippen LogP contribution in [0.5, 0.6) is 0 Å². The van der Waals surface area contributed by atoms with Gasteiger partial charge in [0.05, 0.1) is 5.56 Å². The van der Waals surface area contributed by atoms with Gasteiger partial charge >= 0.3 is 0 Å². The maximum absolute atomic E-state index is 12.2. The van der Waals surface area contributed by atoms with Crippen LogP contribution in [0, 0.1) is 0 Å². The van der Waals surface area contributed by atoms with Gasteiger partial charge in [0.1, 0.15) is 0 Å². The lowest BCUT2D eigenvalue weighted by Crippen LogP contribution is -2.47. The van der Waals surface area contributed by atoms with Gasteiger partial charge in [-0.15, -0.1) is 0 Å². The van der Waals surface area contributed by atoms with E-state index in [9.17, 15) is 4.79 Å². The molecule has 1 aromatic rings. The van der Waals surface area contributed by atoms with E-state index in [4.69, 9.17) is 11.5 Å². The minimum Gasteiger partial charge on any atom is -0.399 e. The number of nitrogens with two attached hydrogens (primary N) is 2. The predicted octanol–water partition coefficient (Wildman–Crippen LogP) is 1.06. The van der Waals surface area contributed by atoms with Crippen molar-refractivity contribution in [2.45, 2.75) is 31.8 Å². The first-order valence-corrected chi connectivity index (χ1v) is 6.63. The van der Waals surface area contributed by atoms with Gasteiger partial charge < -0.3 is 21.7 Å². The van der Waals surface area contributed by atoms with Crippen LogP contribution in [0.4, 0.5) is 11.4 Å². The summed E-state index contributed by atoms with van der Waals surface area (Å²) in [6, 6.07) is 5.70. The molecular formula is C14H22N4O. The number of carbonyl (C=O) groups excluding carboxylic acids is 1. The smallest absolute Gasteiger partial charge is 0.253 e. The van der Waals surface area contributed by atoms with Crippen molar-refractivity contribution in [2.75, 3.05) is 25.1 Å². The Morgan fingerprint density at radius 2 is 2.16 bits per heavy atom. The summed E-state index contributed by atoms with van der Waals surface area (Å²) in [5, 5.41) is 3.06. The van der Waals surface area contributed by atoms with Crippen molar-refractivity contribution in [3.05, 3.63) is 23.8 Å². The second-order valence-electron chi connectivity index (χ2n) is 5.37. The molecule has 0 bridgehead atoms. The van der Waals surface area contributed by atoms with E-state index in [1.54, 1.807) is 18.2 Å². The van der Waals surface area contributed by atoms with Gasteiger partial charge in [-0.3, -0.25) is 4.79 Å². The summed E-state index contributed by atoms with van der Waals surface area (Å²) in [6.45, 7) is 3.18. The molecule has 1 fully saturated rings. The summed E-state index contributed by atoms with van der Waals surface area (Å²) in [5.41, 5.74) is 13.0. The average Bonchev–Trinajstić information content (AvgIpc) is 2.33. The van der Waals surface area contributed by atoms with Crippen molar-refractivity contribution in [3.8, 4) is 0 Å². The number of hydrogen-bond acceptors (Lipinski definition) is 4. The Hall–Kier alpha value is -1.75. The number of carbonyl (C=O) groups is 1. The monoisotopic (exact) mass is 262 g/mol. The Balaban J connectivity index is 2.01. The SMILES string of the molecule is CC1CC(NC(=O)c2ccc(N)cc2N)CCN1C. The van der Waals surface area contributed by atoms with Crippen molar-refractivity contribution in [1.29, 1.82) is 0 Å². The number of anilines is 2. The maximum Gasteiger partial charge on any atom is 0.253 e. The molecule has 0 aliphatic carbocycles. The van der Waals surface area contributed by atoms with Gasteiger partial charge in [0, 0.05) is 30.0 Å². The topological polar surface area (TPSA) is 84.4 Å². The number of likely N-dealkylation sites (tertiary alicyclic amines) is 1. The van der Waals surface area contributed by atoms with Gasteiger partial charge in [-0.25, -0.2) is 0 Å². The van der Waals surface area contributed by atoms with Crippen LogP contribution < -0.4 is 16.8 Å². The number of nitrogens with one attached hydrogen (secondary N) is 1. The summed E-state index contributed by atoms with van der Waals surface area (Å²) in [4.78, 5) is 14.5. The molecule has 5 heteroatoms. The largest absolute Gasteiger partial charge is 0.399 e. The Labute approximate surface area is 113 Å². The zero-order valence-electron chi connectivity index (χ0n) is 11.5. The molecule has 0 saturated carbocycles. The summed E-state index contributed by atoms with van der Waals surface area (Å²) in [6.07, 6.45) is 1.94. The lowest BCUT2D eigenvalue weighted by Gasteiger charge is -2.35. The van der Waals surface area contributed by atoms with E-state index in [2.05, 4.69) is 24.2 Å². The molecule has 1 amide bonds. The maximum atomic E-state index is 12.2. The minimum atomic E-state index is -0.112. The van der Waals surface area contributed by atoms with Crippen LogP contribution in [0.3, 0.4) is 0 Å². The number of benzene rings is 1. The van der Waals surface area contributed by atoms with Crippen molar-refractivity contribution in [2.24, 2.45) is 0 Å². The lowest BCUT2D eigenvalue weighted by atomic mass is 9.98. The molecule has 0 spiro atoms. The van der Waals surface area contributed by atoms with Crippen LogP contribution >= 0.6 is 0 Å². The molecule has 2 unspecified atom stereocenters. The van der Waals surface area contributed by atoms with Crippen molar-refractivity contribution in [3.63, 3.8) is 0 Å². The Bertz CT molecular complexity index is 475. The molecular weight excluding hydrogens is 240 g/mol. The van der Waals surface area contributed by atoms with Gasteiger partial charge in [-0.05, 0) is 45.0 Å². The first-order chi connectivity index (χ1) is 8.97. The highest BCUT2D eigenvalue weighted by atomic mass is 16.1. The zero-order chi connectivity index (χ0) is 14.0. The number of hydrogen-bond donors (Lipinski definition) is 3. The Kier molecular flexibility index (Phi) is 3.95. The van der Waals surface area contributed by atoms with Crippen molar-refractivity contribution >= 4 is 17.3 Å². The van der Waals surface area contributed by atoms with Crippen LogP contribution in [0.25, 0.3) is 0 Å². The number of nitrogens with zero attached hydrogens (tertiary/aromatic N) is 1. The molecule has 0 aromatic heterocycles. The van der Waals surface area contributed by atoms with Gasteiger partial charge in [0.15, 0.2) is 0 Å². The molecule has 1 saturated heterocycles. The summed E-state index contributed by atoms with van der Waals surface area (Å²) >= 11 is 0. The van der Waals surface area contributed by atoms with Gasteiger partial charge in [0.25, 0.3) is 5.91 Å². The van der Waals surface area contributed by atoms with E-state index in [0.29, 0.717) is 23.0 Å². The van der Waals surface area contributed by atoms with Crippen LogP contribution in [0.1, 0.15) is 30.1 Å². The number of nitrogen functional groups attached to an aromatic ring is 2. The quantitative estimate of drug-likeness (QED) is 0.696. The van der Waals surface area contributed by atoms with Crippen LogP contribution in [0.2, 0.25) is 0 Å². The Morgan fingerprint density at radius 3 is 2.79 bits per heavy atom. The first kappa shape index (κ1) is 13.7. The predicted molar refractivity (Wildman–Crippen MR) is 77.8 cm³/mol. The van der Waals surface area contributed by atoms with Crippen LogP contribution in [-0.2, 0) is 0 Å². The third-order valence-corrected chi connectivity index (χ3v) is 3.86. The highest BCUT2D eigenvalue weighted by Crippen LogP contribution is 2.18. The number of amides is 1. The third kappa shape index (κ3) is 3.17. The van der Waals surface area contributed by atoms with Crippen molar-refractivity contribution < 1.29 is 4.79 Å². The van der Waals surface area contributed by atoms with E-state index in [0.717, 1.165) is 19.4 Å². The highest BCUT2D eigenvalue weighted by Gasteiger charge is 2.24. The van der Waals surface area contributed by atoms with Gasteiger partial charge in [0.2, 0.25) is 0 Å². The zero-order valence-corrected chi connectivity index (χ0v) is 11.5. The molecule has 1 aliphatic heterocycles. The molecule has 2 atom stereocenters. The van der Waals surface area contributed by atoms with E-state index in [1.165, 1.54) is 0 Å². The van der Waals surface area contributed by atoms with Crippen molar-refractivity contribution in [1.82, 2.24) is 10.2 Å². The molecule has 5 N–H and O–H groups in total. The first-order valence-electron chi connectivity index (χ1n) is 6.63. The van der Waals surface area contributed by atoms with E-state index >= 15 is 0 Å². The highest BCUT2D eigenvalue weighted by molar-refractivity contribution is 5.99. The summed E-state index contributed by atoms with van der Waals surface area (Å²) in [7, 11) is 2.11. The number of piperidine rings is 1. The Morgan fingerprint density at radius 1 is 1.42 bits per heavy atom. The van der Waals surface area contributed by atoms with Gasteiger partial charge in [-0.1, -0.05) is 0 Å². The fraction of sp³-hybridized carbons (Fsp3) is 0.500. The second-order valence-corrected chi connectivity index (χ2v) is 5.37. The van der Waals surface area contributed by atoms with Gasteiger partial charge in [-0.2, -0.15) is 0 Å². The van der Waals surface area contributed by atoms with Crippen LogP contribution in [0.15, 0.2) is 18.2 Å². The fourth-order valence-corrected chi connectivity index (χ4v) is 2.47. The van der Waals surface area contributed by atoms with E-state index < -0.39 is 0 Å². The molecule has 1 aliphatic rings. The average molecular weight is 262 g/mol. The van der Waals surface area contributed by atoms with E-state index in [1.807, 2.05) is 0 Å². The van der Waals surface area contributed by atoms with Crippen LogP contribution in [-0.4, -0.2) is 36.5 Å². The molecule has 0 radical (unpaired) electrons. The molecule has 104 valence electrons. The molecule has 1 heterocycles. The normalized spacial score (nSPS) is 24.1. The molecule has 5 nitrogen and oxygen atoms in total. The molecule has 19 heavy (non-hydrogen) atoms. The standard InChI is InChI=1S/C14H22N4O/c1-9-7-11(5-6-18(9)2)17-14(19)12-4-3-10(15)8-13(12)16/h3-4,8-9,11H,5-7,15-16H2,1-2H3,(H,17,19). The third-order valence-electron chi connectivity index (χ3n) is 3.86. The lowest BCUT2D eigenvalue weighted by molar-refractivity contribution is 0.0897.